The van der Waals surface area contributed by atoms with Gasteiger partial charge in [0.1, 0.15) is 0 Å². The van der Waals surface area contributed by atoms with E-state index in [1.165, 1.54) is 0 Å². The van der Waals surface area contributed by atoms with Crippen LogP contribution in [-0.2, 0) is 0 Å². The van der Waals surface area contributed by atoms with Crippen LogP contribution in [0.3, 0.4) is 0 Å². The van der Waals surface area contributed by atoms with Crippen molar-refractivity contribution in [2.75, 3.05) is 0 Å². The molecule has 0 aromatic heterocycles. The predicted molar refractivity (Wildman–Crippen MR) is 44.3 cm³/mol. The molecule has 0 aliphatic rings. The molecule has 0 atom stereocenters. The summed E-state index contributed by atoms with van der Waals surface area (Å²) in [6, 6.07) is 9.63. The molecule has 0 saturated heterocycles. The number of benzene rings is 1. The van der Waals surface area contributed by atoms with E-state index in [4.69, 9.17) is 5.26 Å². The maximum atomic E-state index is 8.26. The van der Waals surface area contributed by atoms with Gasteiger partial charge in [0.25, 0.3) is 0 Å². The lowest BCUT2D eigenvalue weighted by atomic mass is 10.1. The number of aliphatic imine (C=N–C) groups is 1. The van der Waals surface area contributed by atoms with Crippen molar-refractivity contribution in [1.29, 1.82) is 5.26 Å². The summed E-state index contributed by atoms with van der Waals surface area (Å²) in [6.45, 7) is 1.82. The highest BCUT2D eigenvalue weighted by Gasteiger charge is 1.92. The van der Waals surface area contributed by atoms with Gasteiger partial charge in [-0.2, -0.15) is 10.3 Å². The highest BCUT2D eigenvalue weighted by atomic mass is 14.7. The topological polar surface area (TPSA) is 36.1 Å². The van der Waals surface area contributed by atoms with Gasteiger partial charge in [-0.05, 0) is 12.5 Å². The third kappa shape index (κ3) is 1.91. The lowest BCUT2D eigenvalue weighted by Crippen LogP contribution is -1.91. The summed E-state index contributed by atoms with van der Waals surface area (Å²) >= 11 is 0. The van der Waals surface area contributed by atoms with Crippen molar-refractivity contribution >= 4 is 5.71 Å². The van der Waals surface area contributed by atoms with Crippen molar-refractivity contribution in [3.05, 3.63) is 35.9 Å². The number of nitrogens with zero attached hydrogens (tertiary/aromatic N) is 2. The van der Waals surface area contributed by atoms with Crippen LogP contribution in [0, 0.1) is 11.5 Å². The van der Waals surface area contributed by atoms with Crippen molar-refractivity contribution in [2.45, 2.75) is 6.92 Å². The normalized spacial score (nSPS) is 10.7. The van der Waals surface area contributed by atoms with E-state index in [1.54, 1.807) is 6.19 Å². The first-order chi connectivity index (χ1) is 5.34. The van der Waals surface area contributed by atoms with Crippen LogP contribution < -0.4 is 0 Å². The molecular formula is C9H8N2. The second-order valence-corrected chi connectivity index (χ2v) is 2.16. The summed E-state index contributed by atoms with van der Waals surface area (Å²) in [5.74, 6) is 0. The summed E-state index contributed by atoms with van der Waals surface area (Å²) in [6.07, 6.45) is 1.75. The predicted octanol–water partition coefficient (Wildman–Crippen LogP) is 1.98. The molecule has 0 bridgehead atoms. The van der Waals surface area contributed by atoms with Crippen LogP contribution in [0.5, 0.6) is 0 Å². The van der Waals surface area contributed by atoms with Crippen LogP contribution in [-0.4, -0.2) is 5.71 Å². The number of rotatable bonds is 1. The Kier molecular flexibility index (Phi) is 2.40. The van der Waals surface area contributed by atoms with Crippen LogP contribution >= 0.6 is 0 Å². The Bertz CT molecular complexity index is 293. The summed E-state index contributed by atoms with van der Waals surface area (Å²) in [7, 11) is 0. The van der Waals surface area contributed by atoms with Gasteiger partial charge in [-0.3, -0.25) is 0 Å². The van der Waals surface area contributed by atoms with Crippen molar-refractivity contribution in [2.24, 2.45) is 4.99 Å². The van der Waals surface area contributed by atoms with Crippen LogP contribution in [0.4, 0.5) is 0 Å². The second kappa shape index (κ2) is 3.52. The van der Waals surface area contributed by atoms with E-state index in [9.17, 15) is 0 Å². The molecule has 0 fully saturated rings. The van der Waals surface area contributed by atoms with Gasteiger partial charge in [0, 0.05) is 0 Å². The molecule has 1 rings (SSSR count). The van der Waals surface area contributed by atoms with Gasteiger partial charge in [-0.15, -0.1) is 0 Å². The molecule has 2 nitrogen and oxygen atoms in total. The summed E-state index contributed by atoms with van der Waals surface area (Å²) in [4.78, 5) is 3.62. The highest BCUT2D eigenvalue weighted by molar-refractivity contribution is 5.99. The zero-order chi connectivity index (χ0) is 8.10. The third-order valence-electron chi connectivity index (χ3n) is 1.41. The van der Waals surface area contributed by atoms with Crippen molar-refractivity contribution in [3.63, 3.8) is 0 Å². The zero-order valence-corrected chi connectivity index (χ0v) is 6.28. The molecule has 0 amide bonds. The van der Waals surface area contributed by atoms with E-state index in [0.717, 1.165) is 11.3 Å². The SMILES string of the molecule is CC(=NC#N)c1ccccc1. The minimum absolute atomic E-state index is 0.758. The Morgan fingerprint density at radius 1 is 1.36 bits per heavy atom. The Labute approximate surface area is 65.8 Å². The summed E-state index contributed by atoms with van der Waals surface area (Å²) < 4.78 is 0. The molecular weight excluding hydrogens is 136 g/mol. The van der Waals surface area contributed by atoms with Crippen molar-refractivity contribution in [3.8, 4) is 6.19 Å². The van der Waals surface area contributed by atoms with Gasteiger partial charge in [-0.25, -0.2) is 0 Å². The fourth-order valence-electron chi connectivity index (χ4n) is 0.819. The summed E-state index contributed by atoms with van der Waals surface area (Å²) in [5, 5.41) is 8.26. The second-order valence-electron chi connectivity index (χ2n) is 2.16. The van der Waals surface area contributed by atoms with E-state index in [0.29, 0.717) is 0 Å². The average Bonchev–Trinajstić information content (AvgIpc) is 2.07. The standard InChI is InChI=1S/C9H8N2/c1-8(11-7-10)9-5-3-2-4-6-9/h2-6H,1H3. The largest absolute Gasteiger partial charge is 0.205 e. The molecule has 0 unspecified atom stereocenters. The molecule has 54 valence electrons. The molecule has 0 aliphatic heterocycles. The van der Waals surface area contributed by atoms with Crippen molar-refractivity contribution in [1.82, 2.24) is 0 Å². The maximum absolute atomic E-state index is 8.26. The van der Waals surface area contributed by atoms with Gasteiger partial charge in [0.05, 0.1) is 5.71 Å². The quantitative estimate of drug-likeness (QED) is 0.438. The fraction of sp³-hybridized carbons (Fsp3) is 0.111. The molecule has 0 saturated carbocycles. The van der Waals surface area contributed by atoms with Gasteiger partial charge < -0.3 is 0 Å². The van der Waals surface area contributed by atoms with Crippen molar-refractivity contribution < 1.29 is 0 Å². The summed E-state index contributed by atoms with van der Waals surface area (Å²) in [5.41, 5.74) is 1.75. The smallest absolute Gasteiger partial charge is 0.178 e. The molecule has 0 radical (unpaired) electrons. The lowest BCUT2D eigenvalue weighted by Gasteiger charge is -1.94. The van der Waals surface area contributed by atoms with E-state index in [-0.39, 0.29) is 0 Å². The van der Waals surface area contributed by atoms with E-state index in [1.807, 2.05) is 37.3 Å². The first-order valence-corrected chi connectivity index (χ1v) is 3.33. The first kappa shape index (κ1) is 7.49. The monoisotopic (exact) mass is 144 g/mol. The van der Waals surface area contributed by atoms with Gasteiger partial charge in [-0.1, -0.05) is 30.3 Å². The van der Waals surface area contributed by atoms with Gasteiger partial charge in [0.2, 0.25) is 6.19 Å². The molecule has 2 heteroatoms. The highest BCUT2D eigenvalue weighted by Crippen LogP contribution is 1.99. The van der Waals surface area contributed by atoms with Crippen LogP contribution in [0.25, 0.3) is 0 Å². The van der Waals surface area contributed by atoms with E-state index >= 15 is 0 Å². The molecule has 1 aromatic carbocycles. The zero-order valence-electron chi connectivity index (χ0n) is 6.28. The van der Waals surface area contributed by atoms with Crippen LogP contribution in [0.1, 0.15) is 12.5 Å². The Morgan fingerprint density at radius 3 is 2.55 bits per heavy atom. The minimum atomic E-state index is 0.758. The Hall–Kier alpha value is -1.62. The maximum Gasteiger partial charge on any atom is 0.205 e. The molecule has 0 aliphatic carbocycles. The van der Waals surface area contributed by atoms with Gasteiger partial charge >= 0.3 is 0 Å². The van der Waals surface area contributed by atoms with Crippen LogP contribution in [0.2, 0.25) is 0 Å². The number of nitriles is 1. The van der Waals surface area contributed by atoms with Gasteiger partial charge in [0.15, 0.2) is 0 Å². The molecule has 0 N–H and O–H groups in total. The Balaban J connectivity index is 2.96. The Morgan fingerprint density at radius 2 is 2.00 bits per heavy atom. The molecule has 0 heterocycles. The number of hydrogen-bond donors (Lipinski definition) is 0. The van der Waals surface area contributed by atoms with Crippen LogP contribution in [0.15, 0.2) is 35.3 Å². The molecule has 0 spiro atoms. The average molecular weight is 144 g/mol. The third-order valence-corrected chi connectivity index (χ3v) is 1.41. The minimum Gasteiger partial charge on any atom is -0.178 e. The lowest BCUT2D eigenvalue weighted by molar-refractivity contribution is 1.42. The fourth-order valence-corrected chi connectivity index (χ4v) is 0.819. The molecule has 1 aromatic rings. The van der Waals surface area contributed by atoms with E-state index in [2.05, 4.69) is 4.99 Å². The number of hydrogen-bond acceptors (Lipinski definition) is 2. The first-order valence-electron chi connectivity index (χ1n) is 3.33. The molecule has 11 heavy (non-hydrogen) atoms. The van der Waals surface area contributed by atoms with E-state index < -0.39 is 0 Å².